The fraction of sp³-hybridized carbons (Fsp3) is 0.389. The van der Waals surface area contributed by atoms with Crippen LogP contribution in [0.15, 0.2) is 77.2 Å². The summed E-state index contributed by atoms with van der Waals surface area (Å²) in [6, 6.07) is 21.0. The van der Waals surface area contributed by atoms with Gasteiger partial charge in [0, 0.05) is 69.3 Å². The molecule has 0 spiro atoms. The molecule has 272 valence electrons. The van der Waals surface area contributed by atoms with Gasteiger partial charge in [0.1, 0.15) is 11.3 Å². The van der Waals surface area contributed by atoms with E-state index in [1.807, 2.05) is 4.90 Å². The Labute approximate surface area is 295 Å². The molecule has 2 saturated heterocycles. The molecule has 1 N–H and O–H groups in total. The van der Waals surface area contributed by atoms with Gasteiger partial charge in [-0.25, -0.2) is 0 Å². The Morgan fingerprint density at radius 1 is 0.863 bits per heavy atom. The lowest BCUT2D eigenvalue weighted by Gasteiger charge is -2.34. The zero-order chi connectivity index (χ0) is 36.5. The molecular weight excluding hydrogens is 692 g/mol. The lowest BCUT2D eigenvalue weighted by molar-refractivity contribution is -0.253. The molecule has 2 fully saturated rings. The van der Waals surface area contributed by atoms with E-state index in [1.165, 1.54) is 23.3 Å². The molecule has 15 heteroatoms. The van der Waals surface area contributed by atoms with Crippen molar-refractivity contribution >= 4 is 34.4 Å². The number of furan rings is 1. The maximum absolute atomic E-state index is 13.3. The first kappa shape index (κ1) is 37.7. The number of hydrogen-bond donors (Lipinski definition) is 1. The molecule has 51 heavy (non-hydrogen) atoms. The first-order chi connectivity index (χ1) is 24.4. The van der Waals surface area contributed by atoms with Gasteiger partial charge in [0.05, 0.1) is 0 Å². The third kappa shape index (κ3) is 10.2. The molecule has 3 aromatic carbocycles. The van der Waals surface area contributed by atoms with E-state index in [9.17, 15) is 27.2 Å². The van der Waals surface area contributed by atoms with E-state index < -0.39 is 24.1 Å². The van der Waals surface area contributed by atoms with Gasteiger partial charge in [-0.1, -0.05) is 42.0 Å². The summed E-state index contributed by atoms with van der Waals surface area (Å²) in [6.07, 6.45) is -7.06. The van der Waals surface area contributed by atoms with E-state index in [2.05, 4.69) is 51.0 Å². The first-order valence-electron chi connectivity index (χ1n) is 16.4. The standard InChI is InChI=1S/C36H38F4N4O4.O2S/c1-24-2-4-25(5-3-24)23-43-16-18-44(19-17-43)34(46)27-8-11-31-28(20-27)21-32(47-31)33(45)41-29-12-14-42(15-13-29)22-26-6-9-30(10-7-26)48-36(39,40)35(37)38;1-3-2/h2-11,20-21,29,35H,12-19,22-23H2,1H3,(H,41,45);. The molecule has 0 unspecified atom stereocenters. The van der Waals surface area contributed by atoms with Gasteiger partial charge in [-0.3, -0.25) is 19.4 Å². The van der Waals surface area contributed by atoms with E-state index >= 15 is 0 Å². The van der Waals surface area contributed by atoms with Crippen LogP contribution in [-0.4, -0.2) is 92.8 Å². The zero-order valence-corrected chi connectivity index (χ0v) is 28.7. The maximum atomic E-state index is 13.3. The number of likely N-dealkylation sites (tertiary alicyclic amines) is 1. The minimum Gasteiger partial charge on any atom is -0.451 e. The van der Waals surface area contributed by atoms with Crippen molar-refractivity contribution < 1.29 is 44.7 Å². The molecule has 4 aromatic rings. The van der Waals surface area contributed by atoms with Crippen molar-refractivity contribution in [1.29, 1.82) is 0 Å². The Kier molecular flexibility index (Phi) is 12.6. The molecule has 0 bridgehead atoms. The Hall–Kier alpha value is -4.60. The normalized spacial score (nSPS) is 16.1. The molecule has 6 rings (SSSR count). The lowest BCUT2D eigenvalue weighted by Crippen LogP contribution is -2.48. The number of nitrogens with one attached hydrogen (secondary N) is 1. The van der Waals surface area contributed by atoms with Crippen molar-refractivity contribution in [3.8, 4) is 5.75 Å². The van der Waals surface area contributed by atoms with Gasteiger partial charge in [0.15, 0.2) is 5.76 Å². The Morgan fingerprint density at radius 3 is 2.02 bits per heavy atom. The van der Waals surface area contributed by atoms with E-state index in [1.54, 1.807) is 36.4 Å². The second-order valence-corrected chi connectivity index (χ2v) is 12.8. The number of piperazine rings is 1. The van der Waals surface area contributed by atoms with Crippen LogP contribution in [0.3, 0.4) is 0 Å². The largest absolute Gasteiger partial charge is 0.461 e. The van der Waals surface area contributed by atoms with Crippen molar-refractivity contribution in [2.75, 3.05) is 39.3 Å². The van der Waals surface area contributed by atoms with Gasteiger partial charge >= 0.3 is 24.1 Å². The Morgan fingerprint density at radius 2 is 1.43 bits per heavy atom. The number of fused-ring (bicyclic) bond motifs is 1. The maximum Gasteiger partial charge on any atom is 0.461 e. The van der Waals surface area contributed by atoms with Gasteiger partial charge in [-0.15, -0.1) is 0 Å². The van der Waals surface area contributed by atoms with Crippen LogP contribution in [0.5, 0.6) is 5.75 Å². The number of amides is 2. The molecule has 0 radical (unpaired) electrons. The summed E-state index contributed by atoms with van der Waals surface area (Å²) in [5, 5.41) is 3.73. The zero-order valence-electron chi connectivity index (χ0n) is 27.9. The predicted octanol–water partition coefficient (Wildman–Crippen LogP) is 5.66. The van der Waals surface area contributed by atoms with Crippen molar-refractivity contribution in [2.24, 2.45) is 0 Å². The van der Waals surface area contributed by atoms with E-state index in [0.717, 1.165) is 25.2 Å². The number of alkyl halides is 4. The van der Waals surface area contributed by atoms with Gasteiger partial charge in [0.25, 0.3) is 11.8 Å². The van der Waals surface area contributed by atoms with Crippen LogP contribution in [0.25, 0.3) is 11.0 Å². The highest BCUT2D eigenvalue weighted by Crippen LogP contribution is 2.28. The summed E-state index contributed by atoms with van der Waals surface area (Å²) in [5.41, 5.74) is 4.41. The number of aryl methyl sites for hydroxylation is 1. The minimum atomic E-state index is -4.54. The first-order valence-corrected chi connectivity index (χ1v) is 17.1. The molecule has 1 aromatic heterocycles. The third-order valence-electron chi connectivity index (χ3n) is 8.93. The molecule has 2 aliphatic rings. The Balaban J connectivity index is 0.00000162. The predicted molar refractivity (Wildman–Crippen MR) is 181 cm³/mol. The monoisotopic (exact) mass is 730 g/mol. The molecule has 0 saturated carbocycles. The number of nitrogens with zero attached hydrogens (tertiary/aromatic N) is 3. The van der Waals surface area contributed by atoms with Gasteiger partial charge < -0.3 is 19.4 Å². The third-order valence-corrected chi connectivity index (χ3v) is 8.93. The van der Waals surface area contributed by atoms with Gasteiger partial charge in [-0.05, 0) is 67.3 Å². The van der Waals surface area contributed by atoms with Crippen LogP contribution in [0.4, 0.5) is 17.6 Å². The molecule has 0 aliphatic carbocycles. The molecule has 2 amide bonds. The number of hydrogen-bond acceptors (Lipinski definition) is 8. The fourth-order valence-electron chi connectivity index (χ4n) is 6.15. The van der Waals surface area contributed by atoms with Crippen LogP contribution in [0, 0.1) is 6.92 Å². The SMILES string of the molecule is Cc1ccc(CN2CCN(C(=O)c3ccc4oc(C(=O)NC5CCN(Cc6ccc(OC(F)(F)C(F)F)cc6)CC5)cc4c3)CC2)cc1.O=S=O. The summed E-state index contributed by atoms with van der Waals surface area (Å²) in [4.78, 5) is 32.8. The van der Waals surface area contributed by atoms with E-state index in [0.29, 0.717) is 62.1 Å². The molecule has 2 aliphatic heterocycles. The van der Waals surface area contributed by atoms with Crippen LogP contribution >= 0.6 is 0 Å². The van der Waals surface area contributed by atoms with Gasteiger partial charge in [0.2, 0.25) is 0 Å². The Bertz CT molecular complexity index is 1820. The summed E-state index contributed by atoms with van der Waals surface area (Å²) >= 11 is -0.750. The average Bonchev–Trinajstić information content (AvgIpc) is 3.55. The number of piperidine rings is 1. The highest BCUT2D eigenvalue weighted by Gasteiger charge is 2.44. The topological polar surface area (TPSA) is 112 Å². The highest BCUT2D eigenvalue weighted by molar-refractivity contribution is 7.51. The summed E-state index contributed by atoms with van der Waals surface area (Å²) in [5.74, 6) is -0.509. The summed E-state index contributed by atoms with van der Waals surface area (Å²) in [7, 11) is 0. The number of carbonyl (C=O) groups is 2. The number of carbonyl (C=O) groups excluding carboxylic acids is 2. The van der Waals surface area contributed by atoms with Gasteiger partial charge in [-0.2, -0.15) is 26.0 Å². The fourth-order valence-corrected chi connectivity index (χ4v) is 6.15. The van der Waals surface area contributed by atoms with E-state index in [4.69, 9.17) is 12.8 Å². The van der Waals surface area contributed by atoms with Crippen molar-refractivity contribution in [1.82, 2.24) is 20.0 Å². The number of ether oxygens (including phenoxy) is 1. The average molecular weight is 731 g/mol. The lowest BCUT2D eigenvalue weighted by atomic mass is 10.0. The van der Waals surface area contributed by atoms with E-state index in [-0.39, 0.29) is 29.4 Å². The number of rotatable bonds is 10. The quantitative estimate of drug-likeness (QED) is 0.208. The highest BCUT2D eigenvalue weighted by atomic mass is 32.1. The molecule has 3 heterocycles. The smallest absolute Gasteiger partial charge is 0.451 e. The van der Waals surface area contributed by atoms with Crippen molar-refractivity contribution in [2.45, 2.75) is 51.4 Å². The van der Waals surface area contributed by atoms with Crippen LogP contribution in [0.1, 0.15) is 50.4 Å². The summed E-state index contributed by atoms with van der Waals surface area (Å²) < 4.78 is 77.6. The molecule has 10 nitrogen and oxygen atoms in total. The molecule has 0 atom stereocenters. The molecular formula is C36H38F4N4O6S. The second-order valence-electron chi connectivity index (χ2n) is 12.6. The summed E-state index contributed by atoms with van der Waals surface area (Å²) in [6.45, 7) is 7.75. The number of benzene rings is 3. The number of halogens is 4. The second kappa shape index (κ2) is 17.1. The van der Waals surface area contributed by atoms with Crippen molar-refractivity contribution in [3.05, 3.63) is 101 Å². The van der Waals surface area contributed by atoms with Crippen LogP contribution < -0.4 is 10.1 Å². The van der Waals surface area contributed by atoms with Crippen molar-refractivity contribution in [3.63, 3.8) is 0 Å². The van der Waals surface area contributed by atoms with Crippen LogP contribution in [-0.2, 0) is 24.7 Å². The van der Waals surface area contributed by atoms with Crippen LogP contribution in [0.2, 0.25) is 0 Å². The minimum absolute atomic E-state index is 0.0385.